The summed E-state index contributed by atoms with van der Waals surface area (Å²) in [7, 11) is -0.536. The van der Waals surface area contributed by atoms with Crippen LogP contribution >= 0.6 is 0 Å². The number of sulfonamides is 1. The van der Waals surface area contributed by atoms with E-state index in [2.05, 4.69) is 5.32 Å². The lowest BCUT2D eigenvalue weighted by molar-refractivity contribution is -0.141. The minimum absolute atomic E-state index is 0.0368. The molecule has 0 aromatic heterocycles. The lowest BCUT2D eigenvalue weighted by Crippen LogP contribution is -2.49. The first-order valence-corrected chi connectivity index (χ1v) is 15.4. The van der Waals surface area contributed by atoms with E-state index in [9.17, 15) is 18.0 Å². The summed E-state index contributed by atoms with van der Waals surface area (Å²) in [6, 6.07) is 23.0. The topological polar surface area (TPSA) is 105 Å². The van der Waals surface area contributed by atoms with Gasteiger partial charge < -0.3 is 19.7 Å². The van der Waals surface area contributed by atoms with Crippen LogP contribution in [0, 0.1) is 0 Å². The zero-order valence-corrected chi connectivity index (χ0v) is 24.9. The molecule has 0 radical (unpaired) electrons. The fourth-order valence-corrected chi connectivity index (χ4v) is 5.58. The normalized spacial score (nSPS) is 11.8. The second-order valence-corrected chi connectivity index (χ2v) is 11.4. The molecule has 3 aromatic rings. The molecule has 3 aromatic carbocycles. The van der Waals surface area contributed by atoms with Crippen molar-refractivity contribution in [2.24, 2.45) is 0 Å². The van der Waals surface area contributed by atoms with E-state index in [4.69, 9.17) is 9.47 Å². The van der Waals surface area contributed by atoms with Crippen LogP contribution in [0.25, 0.3) is 0 Å². The number of rotatable bonds is 15. The maximum atomic E-state index is 13.8. The molecule has 0 saturated heterocycles. The van der Waals surface area contributed by atoms with Crippen LogP contribution < -0.4 is 19.1 Å². The monoisotopic (exact) mass is 581 g/mol. The lowest BCUT2D eigenvalue weighted by atomic mass is 10.0. The van der Waals surface area contributed by atoms with Gasteiger partial charge in [0.15, 0.2) is 0 Å². The largest absolute Gasteiger partial charge is 0.497 e. The van der Waals surface area contributed by atoms with E-state index in [1.165, 1.54) is 4.31 Å². The average molecular weight is 582 g/mol. The predicted molar refractivity (Wildman–Crippen MR) is 161 cm³/mol. The van der Waals surface area contributed by atoms with Gasteiger partial charge in [-0.05, 0) is 48.7 Å². The van der Waals surface area contributed by atoms with Gasteiger partial charge >= 0.3 is 0 Å². The molecular formula is C31H39N3O6S. The van der Waals surface area contributed by atoms with Gasteiger partial charge in [-0.2, -0.15) is 0 Å². The Bertz CT molecular complexity index is 1400. The number of anilines is 1. The Hall–Kier alpha value is -4.05. The highest BCUT2D eigenvalue weighted by Crippen LogP contribution is 2.30. The number of nitrogens with one attached hydrogen (secondary N) is 1. The molecule has 0 spiro atoms. The average Bonchev–Trinajstić information content (AvgIpc) is 2.97. The molecule has 1 atom stereocenters. The number of likely N-dealkylation sites (N-methyl/N-ethyl adjacent to an activating group) is 1. The molecule has 0 aliphatic heterocycles. The van der Waals surface area contributed by atoms with Crippen LogP contribution in [0.3, 0.4) is 0 Å². The predicted octanol–water partition coefficient (Wildman–Crippen LogP) is 4.03. The van der Waals surface area contributed by atoms with Crippen molar-refractivity contribution in [3.63, 3.8) is 0 Å². The van der Waals surface area contributed by atoms with Gasteiger partial charge in [0.05, 0.1) is 25.7 Å². The summed E-state index contributed by atoms with van der Waals surface area (Å²) in [6.07, 6.45) is 1.74. The first-order chi connectivity index (χ1) is 19.7. The van der Waals surface area contributed by atoms with Crippen LogP contribution in [0.2, 0.25) is 0 Å². The molecule has 220 valence electrons. The summed E-state index contributed by atoms with van der Waals surface area (Å²) >= 11 is 0. The van der Waals surface area contributed by atoms with Crippen LogP contribution in [0.5, 0.6) is 11.5 Å². The lowest BCUT2D eigenvalue weighted by Gasteiger charge is -2.32. The first-order valence-electron chi connectivity index (χ1n) is 13.5. The number of carbonyl (C=O) groups excluding carboxylic acids is 2. The van der Waals surface area contributed by atoms with Gasteiger partial charge in [0.2, 0.25) is 21.8 Å². The third kappa shape index (κ3) is 8.97. The molecule has 41 heavy (non-hydrogen) atoms. The third-order valence-electron chi connectivity index (χ3n) is 6.59. The van der Waals surface area contributed by atoms with Gasteiger partial charge in [0.25, 0.3) is 0 Å². The molecule has 0 bridgehead atoms. The maximum Gasteiger partial charge on any atom is 0.242 e. The molecule has 0 aliphatic carbocycles. The molecule has 3 rings (SSSR count). The number of carbonyl (C=O) groups is 2. The smallest absolute Gasteiger partial charge is 0.242 e. The fourth-order valence-electron chi connectivity index (χ4n) is 4.61. The van der Waals surface area contributed by atoms with E-state index < -0.39 is 16.1 Å². The van der Waals surface area contributed by atoms with E-state index in [1.807, 2.05) is 61.5 Å². The molecular weight excluding hydrogens is 542 g/mol. The van der Waals surface area contributed by atoms with Crippen molar-refractivity contribution in [3.05, 3.63) is 90.0 Å². The highest BCUT2D eigenvalue weighted by molar-refractivity contribution is 7.92. The van der Waals surface area contributed by atoms with Gasteiger partial charge in [0, 0.05) is 33.0 Å². The van der Waals surface area contributed by atoms with Gasteiger partial charge in [0.1, 0.15) is 17.5 Å². The van der Waals surface area contributed by atoms with E-state index in [0.717, 1.165) is 17.4 Å². The quantitative estimate of drug-likeness (QED) is 0.291. The summed E-state index contributed by atoms with van der Waals surface area (Å²) in [5, 5.41) is 2.70. The number of para-hydroxylation sites is 2. The molecule has 2 amide bonds. The van der Waals surface area contributed by atoms with Crippen molar-refractivity contribution in [2.45, 2.75) is 38.8 Å². The highest BCUT2D eigenvalue weighted by Gasteiger charge is 2.30. The summed E-state index contributed by atoms with van der Waals surface area (Å²) in [4.78, 5) is 28.5. The zero-order chi connectivity index (χ0) is 29.8. The zero-order valence-electron chi connectivity index (χ0n) is 24.1. The van der Waals surface area contributed by atoms with E-state index in [1.54, 1.807) is 43.3 Å². The van der Waals surface area contributed by atoms with Crippen molar-refractivity contribution >= 4 is 27.5 Å². The van der Waals surface area contributed by atoms with Gasteiger partial charge in [-0.3, -0.25) is 13.9 Å². The number of ether oxygens (including phenoxy) is 2. The van der Waals surface area contributed by atoms with Crippen molar-refractivity contribution < 1.29 is 27.5 Å². The second kappa shape index (κ2) is 15.1. The van der Waals surface area contributed by atoms with Gasteiger partial charge in [-0.1, -0.05) is 54.6 Å². The van der Waals surface area contributed by atoms with E-state index >= 15 is 0 Å². The second-order valence-electron chi connectivity index (χ2n) is 9.53. The van der Waals surface area contributed by atoms with Crippen molar-refractivity contribution in [1.82, 2.24) is 10.2 Å². The van der Waals surface area contributed by atoms with Crippen molar-refractivity contribution in [1.29, 1.82) is 0 Å². The Labute approximate surface area is 243 Å². The Morgan fingerprint density at radius 2 is 1.63 bits per heavy atom. The fraction of sp³-hybridized carbons (Fsp3) is 0.355. The minimum atomic E-state index is -3.66. The Balaban J connectivity index is 1.87. The first kappa shape index (κ1) is 31.5. The SMILES string of the molecule is CCOc1ccccc1N(CCCC(=O)N(Cc1cccc(OC)c1)[C@H](Cc1ccccc1)C(=O)NC)S(C)(=O)=O. The summed E-state index contributed by atoms with van der Waals surface area (Å²) in [5.74, 6) is 0.553. The van der Waals surface area contributed by atoms with Crippen LogP contribution in [-0.4, -0.2) is 64.7 Å². The van der Waals surface area contributed by atoms with Crippen LogP contribution in [0.15, 0.2) is 78.9 Å². The van der Waals surface area contributed by atoms with Gasteiger partial charge in [-0.15, -0.1) is 0 Å². The molecule has 1 N–H and O–H groups in total. The molecule has 0 aliphatic rings. The number of methoxy groups -OCH3 is 1. The van der Waals surface area contributed by atoms with Crippen molar-refractivity contribution in [3.8, 4) is 11.5 Å². The maximum absolute atomic E-state index is 13.8. The molecule has 0 unspecified atom stereocenters. The van der Waals surface area contributed by atoms with Gasteiger partial charge in [-0.25, -0.2) is 8.42 Å². The Morgan fingerprint density at radius 3 is 2.29 bits per heavy atom. The summed E-state index contributed by atoms with van der Waals surface area (Å²) in [5.41, 5.74) is 2.15. The van der Waals surface area contributed by atoms with E-state index in [0.29, 0.717) is 30.2 Å². The van der Waals surface area contributed by atoms with E-state index in [-0.39, 0.29) is 37.7 Å². The Morgan fingerprint density at radius 1 is 0.951 bits per heavy atom. The highest BCUT2D eigenvalue weighted by atomic mass is 32.2. The van der Waals surface area contributed by atoms with Crippen LogP contribution in [0.1, 0.15) is 30.9 Å². The molecule has 10 heteroatoms. The molecule has 9 nitrogen and oxygen atoms in total. The standard InChI is InChI=1S/C31H39N3O6S/c1-5-40-29-18-10-9-17-27(29)34(41(4,37)38)20-12-19-30(35)33(23-25-15-11-16-26(21-25)39-3)28(31(36)32-2)22-24-13-7-6-8-14-24/h6-11,13-18,21,28H,5,12,19-20,22-23H2,1-4H3,(H,32,36)/t28-/m1/s1. The number of nitrogens with zero attached hydrogens (tertiary/aromatic N) is 2. The molecule has 0 fully saturated rings. The van der Waals surface area contributed by atoms with Crippen LogP contribution in [-0.2, 0) is 32.6 Å². The Kier molecular flexibility index (Phi) is 11.6. The van der Waals surface area contributed by atoms with Crippen molar-refractivity contribution in [2.75, 3.05) is 37.9 Å². The summed E-state index contributed by atoms with van der Waals surface area (Å²) in [6.45, 7) is 2.47. The number of hydrogen-bond acceptors (Lipinski definition) is 6. The third-order valence-corrected chi connectivity index (χ3v) is 7.77. The number of hydrogen-bond donors (Lipinski definition) is 1. The van der Waals surface area contributed by atoms with Crippen LogP contribution in [0.4, 0.5) is 5.69 Å². The summed E-state index contributed by atoms with van der Waals surface area (Å²) < 4.78 is 37.8. The molecule has 0 heterocycles. The number of benzene rings is 3. The minimum Gasteiger partial charge on any atom is -0.497 e. The molecule has 0 saturated carbocycles. The number of amides is 2.